The number of benzene rings is 2. The third-order valence-corrected chi connectivity index (χ3v) is 5.15. The normalized spacial score (nSPS) is 16.4. The standard InChI is InChI=1S/C22H17BrF2N2/c1-27-13-18(12-26-27)15-4-2-3-14(7-15)16-8-17(10-19(23)9-16)21-6-5-20(24)11-22(21)25/h2,4-14H,3H2,1H3. The molecule has 27 heavy (non-hydrogen) atoms. The minimum absolute atomic E-state index is 0.171. The van der Waals surface area contributed by atoms with Crippen molar-refractivity contribution in [1.29, 1.82) is 0 Å². The van der Waals surface area contributed by atoms with Crippen LogP contribution in [0.2, 0.25) is 0 Å². The molecule has 1 heterocycles. The van der Waals surface area contributed by atoms with Gasteiger partial charge in [-0.25, -0.2) is 8.78 Å². The number of rotatable bonds is 3. The molecule has 0 bridgehead atoms. The first-order valence-electron chi connectivity index (χ1n) is 8.63. The highest BCUT2D eigenvalue weighted by Gasteiger charge is 2.16. The topological polar surface area (TPSA) is 17.8 Å². The summed E-state index contributed by atoms with van der Waals surface area (Å²) < 4.78 is 30.1. The summed E-state index contributed by atoms with van der Waals surface area (Å²) in [7, 11) is 1.89. The van der Waals surface area contributed by atoms with Crippen LogP contribution in [-0.4, -0.2) is 9.78 Å². The lowest BCUT2D eigenvalue weighted by atomic mass is 9.87. The van der Waals surface area contributed by atoms with E-state index in [4.69, 9.17) is 0 Å². The van der Waals surface area contributed by atoms with Crippen LogP contribution in [0.15, 0.2) is 71.5 Å². The molecule has 2 nitrogen and oxygen atoms in total. The number of hydrogen-bond acceptors (Lipinski definition) is 1. The molecule has 1 aliphatic rings. The maximum Gasteiger partial charge on any atom is 0.133 e. The lowest BCUT2D eigenvalue weighted by molar-refractivity contribution is 0.585. The Morgan fingerprint density at radius 2 is 1.96 bits per heavy atom. The summed E-state index contributed by atoms with van der Waals surface area (Å²) in [6, 6.07) is 9.55. The Kier molecular flexibility index (Phi) is 4.79. The van der Waals surface area contributed by atoms with E-state index in [2.05, 4.69) is 39.3 Å². The van der Waals surface area contributed by atoms with Gasteiger partial charge in [0.05, 0.1) is 6.20 Å². The molecule has 0 saturated carbocycles. The van der Waals surface area contributed by atoms with Gasteiger partial charge < -0.3 is 0 Å². The van der Waals surface area contributed by atoms with E-state index in [9.17, 15) is 8.78 Å². The molecule has 0 aliphatic heterocycles. The number of halogens is 3. The Balaban J connectivity index is 1.73. The van der Waals surface area contributed by atoms with Crippen molar-refractivity contribution in [2.24, 2.45) is 7.05 Å². The van der Waals surface area contributed by atoms with Gasteiger partial charge in [-0.05, 0) is 47.4 Å². The van der Waals surface area contributed by atoms with Crippen molar-refractivity contribution in [2.75, 3.05) is 0 Å². The van der Waals surface area contributed by atoms with Crippen LogP contribution in [0.1, 0.15) is 23.5 Å². The SMILES string of the molecule is Cn1cc(C2=CC(c3cc(Br)cc(-c4ccc(F)cc4F)c3)CC=C2)cn1. The molecule has 0 fully saturated rings. The first kappa shape index (κ1) is 17.9. The minimum atomic E-state index is -0.576. The van der Waals surface area contributed by atoms with Gasteiger partial charge in [0, 0.05) is 40.8 Å². The molecule has 0 amide bonds. The predicted octanol–water partition coefficient (Wildman–Crippen LogP) is 6.25. The first-order valence-corrected chi connectivity index (χ1v) is 9.42. The lowest BCUT2D eigenvalue weighted by Crippen LogP contribution is -2.00. The van der Waals surface area contributed by atoms with Crippen LogP contribution >= 0.6 is 15.9 Å². The second kappa shape index (κ2) is 7.24. The van der Waals surface area contributed by atoms with Crippen molar-refractivity contribution < 1.29 is 8.78 Å². The summed E-state index contributed by atoms with van der Waals surface area (Å²) in [5.74, 6) is -0.966. The zero-order valence-corrected chi connectivity index (χ0v) is 16.2. The van der Waals surface area contributed by atoms with Crippen LogP contribution < -0.4 is 0 Å². The monoisotopic (exact) mass is 426 g/mol. The van der Waals surface area contributed by atoms with Gasteiger partial charge in [-0.2, -0.15) is 5.10 Å². The molecule has 136 valence electrons. The third-order valence-electron chi connectivity index (χ3n) is 4.70. The zero-order valence-electron chi connectivity index (χ0n) is 14.7. The van der Waals surface area contributed by atoms with Gasteiger partial charge in [0.2, 0.25) is 0 Å². The van der Waals surface area contributed by atoms with Gasteiger partial charge >= 0.3 is 0 Å². The number of aryl methyl sites for hydroxylation is 1. The Bertz CT molecular complexity index is 1070. The third kappa shape index (κ3) is 3.78. The summed E-state index contributed by atoms with van der Waals surface area (Å²) in [5.41, 5.74) is 4.38. The molecular weight excluding hydrogens is 410 g/mol. The van der Waals surface area contributed by atoms with Gasteiger partial charge in [-0.15, -0.1) is 0 Å². The molecule has 0 saturated heterocycles. The Hall–Kier alpha value is -2.53. The summed E-state index contributed by atoms with van der Waals surface area (Å²) in [5, 5.41) is 4.24. The van der Waals surface area contributed by atoms with E-state index < -0.39 is 11.6 Å². The average Bonchev–Trinajstić information content (AvgIpc) is 3.08. The van der Waals surface area contributed by atoms with E-state index in [0.29, 0.717) is 5.56 Å². The van der Waals surface area contributed by atoms with Crippen LogP contribution in [0, 0.1) is 11.6 Å². The van der Waals surface area contributed by atoms with Crippen molar-refractivity contribution in [3.63, 3.8) is 0 Å². The van der Waals surface area contributed by atoms with Crippen LogP contribution in [0.4, 0.5) is 8.78 Å². The molecule has 2 aromatic carbocycles. The maximum atomic E-state index is 14.2. The predicted molar refractivity (Wildman–Crippen MR) is 107 cm³/mol. The summed E-state index contributed by atoms with van der Waals surface area (Å²) in [6.07, 6.45) is 11.2. The van der Waals surface area contributed by atoms with E-state index in [1.54, 1.807) is 4.68 Å². The van der Waals surface area contributed by atoms with Crippen LogP contribution in [0.3, 0.4) is 0 Å². The number of aromatic nitrogens is 2. The van der Waals surface area contributed by atoms with Gasteiger partial charge in [0.15, 0.2) is 0 Å². The zero-order chi connectivity index (χ0) is 19.0. The molecule has 0 spiro atoms. The van der Waals surface area contributed by atoms with E-state index >= 15 is 0 Å². The average molecular weight is 427 g/mol. The molecule has 4 rings (SSSR count). The number of allylic oxidation sites excluding steroid dienone is 4. The van der Waals surface area contributed by atoms with Crippen molar-refractivity contribution >= 4 is 21.5 Å². The van der Waals surface area contributed by atoms with Gasteiger partial charge in [-0.1, -0.05) is 40.2 Å². The minimum Gasteiger partial charge on any atom is -0.275 e. The highest BCUT2D eigenvalue weighted by Crippen LogP contribution is 2.35. The fraction of sp³-hybridized carbons (Fsp3) is 0.136. The molecule has 3 aromatic rings. The molecule has 1 aromatic heterocycles. The number of nitrogens with zero attached hydrogens (tertiary/aromatic N) is 2. The smallest absolute Gasteiger partial charge is 0.133 e. The first-order chi connectivity index (χ1) is 13.0. The molecule has 5 heteroatoms. The summed E-state index contributed by atoms with van der Waals surface area (Å²) in [4.78, 5) is 0. The van der Waals surface area contributed by atoms with Crippen molar-refractivity contribution in [3.05, 3.63) is 94.3 Å². The van der Waals surface area contributed by atoms with Gasteiger partial charge in [-0.3, -0.25) is 4.68 Å². The van der Waals surface area contributed by atoms with Crippen molar-refractivity contribution in [1.82, 2.24) is 9.78 Å². The Morgan fingerprint density at radius 3 is 2.70 bits per heavy atom. The highest BCUT2D eigenvalue weighted by molar-refractivity contribution is 9.10. The second-order valence-corrected chi connectivity index (χ2v) is 7.58. The highest BCUT2D eigenvalue weighted by atomic mass is 79.9. The number of hydrogen-bond donors (Lipinski definition) is 0. The fourth-order valence-electron chi connectivity index (χ4n) is 3.38. The van der Waals surface area contributed by atoms with E-state index in [1.807, 2.05) is 37.6 Å². The van der Waals surface area contributed by atoms with E-state index in [1.165, 1.54) is 12.1 Å². The maximum absolute atomic E-state index is 14.2. The van der Waals surface area contributed by atoms with E-state index in [0.717, 1.165) is 39.2 Å². The quantitative estimate of drug-likeness (QED) is 0.483. The second-order valence-electron chi connectivity index (χ2n) is 6.67. The Morgan fingerprint density at radius 1 is 1.11 bits per heavy atom. The van der Waals surface area contributed by atoms with Crippen molar-refractivity contribution in [3.8, 4) is 11.1 Å². The molecule has 0 radical (unpaired) electrons. The lowest BCUT2D eigenvalue weighted by Gasteiger charge is -2.18. The van der Waals surface area contributed by atoms with Crippen LogP contribution in [0.25, 0.3) is 16.7 Å². The Labute approximate surface area is 165 Å². The van der Waals surface area contributed by atoms with Crippen molar-refractivity contribution in [2.45, 2.75) is 12.3 Å². The van der Waals surface area contributed by atoms with Gasteiger partial charge in [0.1, 0.15) is 11.6 Å². The summed E-state index contributed by atoms with van der Waals surface area (Å²) in [6.45, 7) is 0. The summed E-state index contributed by atoms with van der Waals surface area (Å²) >= 11 is 3.53. The fourth-order valence-corrected chi connectivity index (χ4v) is 3.89. The molecule has 1 atom stereocenters. The van der Waals surface area contributed by atoms with E-state index in [-0.39, 0.29) is 5.92 Å². The van der Waals surface area contributed by atoms with Crippen LogP contribution in [-0.2, 0) is 7.05 Å². The molecular formula is C22H17BrF2N2. The molecule has 1 unspecified atom stereocenters. The van der Waals surface area contributed by atoms with Crippen LogP contribution in [0.5, 0.6) is 0 Å². The van der Waals surface area contributed by atoms with Gasteiger partial charge in [0.25, 0.3) is 0 Å². The molecule has 0 N–H and O–H groups in total. The molecule has 1 aliphatic carbocycles. The largest absolute Gasteiger partial charge is 0.275 e.